The van der Waals surface area contributed by atoms with Crippen molar-refractivity contribution in [2.45, 2.75) is 77.0 Å². The number of carbonyl (C=O) groups excluding carboxylic acids is 1. The number of anilines is 1. The summed E-state index contributed by atoms with van der Waals surface area (Å²) >= 11 is 1.07. The monoisotopic (exact) mass is 752 g/mol. The van der Waals surface area contributed by atoms with Gasteiger partial charge in [-0.05, 0) is 74.8 Å². The molecule has 0 atom stereocenters. The zero-order valence-corrected chi connectivity index (χ0v) is 32.2. The Bertz CT molecular complexity index is 1910. The summed E-state index contributed by atoms with van der Waals surface area (Å²) in [6.07, 6.45) is 12.1. The van der Waals surface area contributed by atoms with Crippen molar-refractivity contribution in [2.75, 3.05) is 36.6 Å². The van der Waals surface area contributed by atoms with Crippen molar-refractivity contribution in [3.63, 3.8) is 0 Å². The van der Waals surface area contributed by atoms with E-state index in [0.717, 1.165) is 78.2 Å². The summed E-state index contributed by atoms with van der Waals surface area (Å²) in [5, 5.41) is 15.1. The molecule has 2 heterocycles. The predicted molar refractivity (Wildman–Crippen MR) is 205 cm³/mol. The summed E-state index contributed by atoms with van der Waals surface area (Å²) in [5.74, 6) is 0.412. The van der Waals surface area contributed by atoms with E-state index in [9.17, 15) is 17.8 Å². The molecule has 0 radical (unpaired) electrons. The van der Waals surface area contributed by atoms with Crippen molar-refractivity contribution < 1.29 is 41.7 Å². The lowest BCUT2D eigenvalue weighted by atomic mass is 9.81. The summed E-state index contributed by atoms with van der Waals surface area (Å²) < 4.78 is 43.8. The van der Waals surface area contributed by atoms with Gasteiger partial charge in [0, 0.05) is 65.3 Å². The van der Waals surface area contributed by atoms with Crippen LogP contribution in [0.4, 0.5) is 16.2 Å². The molecule has 0 aromatic heterocycles. The van der Waals surface area contributed by atoms with E-state index in [2.05, 4.69) is 113 Å². The molecule has 0 fully saturated rings. The number of unbranched alkanes of at least 4 members (excludes halogenated alkanes) is 2. The summed E-state index contributed by atoms with van der Waals surface area (Å²) in [5.41, 5.74) is 9.08. The smallest absolute Gasteiger partial charge is 0.411 e. The van der Waals surface area contributed by atoms with Gasteiger partial charge in [-0.3, -0.25) is 9.87 Å². The number of hydrogen-bond acceptors (Lipinski definition) is 9. The molecule has 0 spiro atoms. The van der Waals surface area contributed by atoms with Crippen LogP contribution in [0.25, 0.3) is 0 Å². The summed E-state index contributed by atoms with van der Waals surface area (Å²) in [6.45, 7) is 10.2. The fourth-order valence-electron chi connectivity index (χ4n) is 7.54. The Morgan fingerprint density at radius 1 is 0.962 bits per heavy atom. The molecule has 5 rings (SSSR count). The van der Waals surface area contributed by atoms with Crippen molar-refractivity contribution >= 4 is 45.3 Å². The Morgan fingerprint density at radius 2 is 1.69 bits per heavy atom. The van der Waals surface area contributed by atoms with Crippen LogP contribution in [0.3, 0.4) is 0 Å². The first-order valence-corrected chi connectivity index (χ1v) is 20.2. The quantitative estimate of drug-likeness (QED) is 0.0385. The number of methoxy groups -OCH3 is 1. The number of benzene rings is 2. The lowest BCUT2D eigenvalue weighted by Gasteiger charge is -2.27. The predicted octanol–water partition coefficient (Wildman–Crippen LogP) is 8.15. The van der Waals surface area contributed by atoms with Crippen molar-refractivity contribution in [3.05, 3.63) is 107 Å². The standard InChI is InChI=1S/C39H49N3O8S2/c1-38(2)30-14-6-8-16-32(30)41(24-10-12-26-51-50-49-44)34(38)22-20-28-18-19-29(36(28)40-37(43)48-5)21-23-35-39(3,4)31-15-7-9-17-33(31)42(35)25-11-13-27-52(45,46)47/h6-9,14-17,20-23H,10-13,18-19,24-27H2,1-5H3,(H2,44,45,46,47)/p+1. The number of allylic oxidation sites excluding steroid dienone is 7. The summed E-state index contributed by atoms with van der Waals surface area (Å²) in [7, 11) is -2.66. The highest BCUT2D eigenvalue weighted by Gasteiger charge is 2.44. The van der Waals surface area contributed by atoms with E-state index in [1.807, 2.05) is 12.1 Å². The Labute approximate surface area is 311 Å². The first-order chi connectivity index (χ1) is 24.8. The molecule has 0 saturated heterocycles. The second-order valence-electron chi connectivity index (χ2n) is 14.2. The highest BCUT2D eigenvalue weighted by atomic mass is 32.2. The zero-order chi connectivity index (χ0) is 37.5. The number of ether oxygens (including phenoxy) is 1. The first kappa shape index (κ1) is 39.5. The third-order valence-electron chi connectivity index (χ3n) is 10.2. The zero-order valence-electron chi connectivity index (χ0n) is 30.6. The van der Waals surface area contributed by atoms with Crippen LogP contribution in [0.15, 0.2) is 95.4 Å². The SMILES string of the molecule is COC(=O)NC1=C(C=CC2=[N+](CCCCS(=O)(=O)O)c3ccccc3C2(C)C)CCC1=CC=C1N(CCCCSOOO)c2ccccc2C1(C)C. The maximum atomic E-state index is 12.7. The number of fused-ring (bicyclic) bond motifs is 2. The molecule has 1 amide bonds. The van der Waals surface area contributed by atoms with Crippen LogP contribution in [0.2, 0.25) is 0 Å². The number of nitrogens with zero attached hydrogens (tertiary/aromatic N) is 2. The van der Waals surface area contributed by atoms with E-state index in [0.29, 0.717) is 25.1 Å². The van der Waals surface area contributed by atoms with Crippen molar-refractivity contribution in [2.24, 2.45) is 0 Å². The average Bonchev–Trinajstić information content (AvgIpc) is 3.66. The van der Waals surface area contributed by atoms with Crippen LogP contribution in [0.1, 0.15) is 77.3 Å². The van der Waals surface area contributed by atoms with Gasteiger partial charge in [0.05, 0.1) is 24.0 Å². The number of nitrogens with one attached hydrogen (secondary N) is 1. The largest absolute Gasteiger partial charge is 0.453 e. The second-order valence-corrected chi connectivity index (χ2v) is 16.6. The normalized spacial score (nSPS) is 19.3. The molecule has 3 N–H and O–H groups in total. The van der Waals surface area contributed by atoms with Crippen LogP contribution >= 0.6 is 12.0 Å². The van der Waals surface area contributed by atoms with Crippen LogP contribution in [-0.4, -0.2) is 66.3 Å². The van der Waals surface area contributed by atoms with Gasteiger partial charge in [0.2, 0.25) is 5.69 Å². The third kappa shape index (κ3) is 8.90. The topological polar surface area (TPSA) is 138 Å². The minimum atomic E-state index is -4.02. The van der Waals surface area contributed by atoms with E-state index in [1.165, 1.54) is 23.9 Å². The van der Waals surface area contributed by atoms with Gasteiger partial charge in [-0.25, -0.2) is 10.1 Å². The van der Waals surface area contributed by atoms with Crippen molar-refractivity contribution in [3.8, 4) is 0 Å². The van der Waals surface area contributed by atoms with Crippen LogP contribution < -0.4 is 10.2 Å². The summed E-state index contributed by atoms with van der Waals surface area (Å²) in [4.78, 5) is 15.0. The molecule has 0 saturated carbocycles. The fourth-order valence-corrected chi connectivity index (χ4v) is 8.54. The lowest BCUT2D eigenvalue weighted by molar-refractivity contribution is -0.438. The molecule has 0 bridgehead atoms. The lowest BCUT2D eigenvalue weighted by Crippen LogP contribution is -2.28. The number of amides is 1. The second kappa shape index (κ2) is 17.0. The molecular formula is C39H50N3O8S2+. The van der Waals surface area contributed by atoms with Crippen molar-refractivity contribution in [1.82, 2.24) is 5.32 Å². The average molecular weight is 753 g/mol. The third-order valence-corrected chi connectivity index (χ3v) is 11.6. The van der Waals surface area contributed by atoms with Gasteiger partial charge in [-0.2, -0.15) is 13.0 Å². The van der Waals surface area contributed by atoms with E-state index in [4.69, 9.17) is 9.99 Å². The number of carbonyl (C=O) groups is 1. The van der Waals surface area contributed by atoms with Gasteiger partial charge in [0.25, 0.3) is 10.1 Å². The molecule has 0 unspecified atom stereocenters. The molecule has 13 heteroatoms. The van der Waals surface area contributed by atoms with Gasteiger partial charge >= 0.3 is 6.09 Å². The van der Waals surface area contributed by atoms with Gasteiger partial charge in [0.15, 0.2) is 5.71 Å². The summed E-state index contributed by atoms with van der Waals surface area (Å²) in [6, 6.07) is 16.7. The van der Waals surface area contributed by atoms with Gasteiger partial charge in [-0.1, -0.05) is 67.4 Å². The number of hydrogen-bond donors (Lipinski definition) is 3. The molecule has 2 aromatic rings. The Hall–Kier alpha value is -3.72. The van der Waals surface area contributed by atoms with Gasteiger partial charge in [0.1, 0.15) is 6.54 Å². The van der Waals surface area contributed by atoms with E-state index < -0.39 is 16.2 Å². The molecule has 11 nitrogen and oxygen atoms in total. The minimum absolute atomic E-state index is 0.248. The van der Waals surface area contributed by atoms with Crippen LogP contribution in [0, 0.1) is 0 Å². The van der Waals surface area contributed by atoms with E-state index in [-0.39, 0.29) is 16.6 Å². The first-order valence-electron chi connectivity index (χ1n) is 17.6. The molecule has 2 aromatic carbocycles. The minimum Gasteiger partial charge on any atom is -0.453 e. The van der Waals surface area contributed by atoms with Crippen LogP contribution in [-0.2, 0) is 35.1 Å². The molecule has 1 aliphatic carbocycles. The van der Waals surface area contributed by atoms with Crippen LogP contribution in [0.5, 0.6) is 0 Å². The Morgan fingerprint density at radius 3 is 2.42 bits per heavy atom. The van der Waals surface area contributed by atoms with Gasteiger partial charge in [-0.15, -0.1) is 4.33 Å². The molecule has 2 aliphatic heterocycles. The Kier molecular flexibility index (Phi) is 12.9. The molecule has 3 aliphatic rings. The van der Waals surface area contributed by atoms with E-state index in [1.54, 1.807) is 0 Å². The maximum Gasteiger partial charge on any atom is 0.411 e. The number of rotatable bonds is 16. The van der Waals surface area contributed by atoms with Gasteiger partial charge < -0.3 is 9.64 Å². The Balaban J connectivity index is 1.47. The molecule has 52 heavy (non-hydrogen) atoms. The van der Waals surface area contributed by atoms with Crippen molar-refractivity contribution in [1.29, 1.82) is 0 Å². The highest BCUT2D eigenvalue weighted by molar-refractivity contribution is 7.94. The molecule has 280 valence electrons. The number of alkyl carbamates (subject to hydrolysis) is 1. The number of para-hydroxylation sites is 2. The maximum absolute atomic E-state index is 12.7. The fraction of sp³-hybridized carbons (Fsp3) is 0.436. The van der Waals surface area contributed by atoms with E-state index >= 15 is 0 Å². The highest BCUT2D eigenvalue weighted by Crippen LogP contribution is 2.48. The molecular weight excluding hydrogens is 703 g/mol.